The summed E-state index contributed by atoms with van der Waals surface area (Å²) in [6, 6.07) is 18.8. The fourth-order valence-electron chi connectivity index (χ4n) is 3.27. The highest BCUT2D eigenvalue weighted by molar-refractivity contribution is 5.94. The van der Waals surface area contributed by atoms with E-state index in [2.05, 4.69) is 6.08 Å². The molecule has 0 unspecified atom stereocenters. The molecule has 0 radical (unpaired) electrons. The van der Waals surface area contributed by atoms with Gasteiger partial charge in [-0.25, -0.2) is 0 Å². The molecule has 1 aliphatic carbocycles. The predicted octanol–water partition coefficient (Wildman–Crippen LogP) is 3.97. The van der Waals surface area contributed by atoms with Crippen molar-refractivity contribution in [2.24, 2.45) is 0 Å². The van der Waals surface area contributed by atoms with E-state index in [1.165, 1.54) is 0 Å². The van der Waals surface area contributed by atoms with Crippen molar-refractivity contribution in [1.82, 2.24) is 4.90 Å². The van der Waals surface area contributed by atoms with Crippen LogP contribution in [0, 0.1) is 0 Å². The molecular formula is C21H23NO2. The lowest BCUT2D eigenvalue weighted by atomic mass is 9.94. The number of aliphatic hydroxyl groups is 1. The monoisotopic (exact) mass is 321 g/mol. The maximum atomic E-state index is 13.2. The predicted molar refractivity (Wildman–Crippen MR) is 95.6 cm³/mol. The Labute approximate surface area is 143 Å². The highest BCUT2D eigenvalue weighted by Gasteiger charge is 2.33. The van der Waals surface area contributed by atoms with Crippen molar-refractivity contribution in [3.8, 4) is 0 Å². The van der Waals surface area contributed by atoms with Gasteiger partial charge in [-0.1, -0.05) is 60.7 Å². The molecule has 0 aromatic heterocycles. The number of carbonyl (C=O) groups is 1. The molecule has 3 heteroatoms. The highest BCUT2D eigenvalue weighted by atomic mass is 16.3. The van der Waals surface area contributed by atoms with E-state index in [1.807, 2.05) is 78.6 Å². The summed E-state index contributed by atoms with van der Waals surface area (Å²) in [6.07, 6.45) is 5.02. The zero-order valence-electron chi connectivity index (χ0n) is 13.9. The van der Waals surface area contributed by atoms with Gasteiger partial charge < -0.3 is 10.0 Å². The number of amides is 1. The van der Waals surface area contributed by atoms with Crippen molar-refractivity contribution in [3.63, 3.8) is 0 Å². The van der Waals surface area contributed by atoms with Crippen molar-refractivity contribution in [3.05, 3.63) is 83.9 Å². The van der Waals surface area contributed by atoms with Gasteiger partial charge in [-0.2, -0.15) is 0 Å². The molecule has 0 fully saturated rings. The number of carbonyl (C=O) groups excluding carboxylic acids is 1. The number of allylic oxidation sites excluding steroid dienone is 1. The third kappa shape index (κ3) is 3.41. The van der Waals surface area contributed by atoms with Crippen LogP contribution in [0.2, 0.25) is 0 Å². The molecule has 3 atom stereocenters. The molecule has 0 bridgehead atoms. The fraction of sp³-hybridized carbons (Fsp3) is 0.286. The zero-order chi connectivity index (χ0) is 16.9. The number of hydrogen-bond donors (Lipinski definition) is 1. The van der Waals surface area contributed by atoms with Crippen molar-refractivity contribution >= 4 is 5.91 Å². The second kappa shape index (κ2) is 7.45. The van der Waals surface area contributed by atoms with Gasteiger partial charge >= 0.3 is 0 Å². The summed E-state index contributed by atoms with van der Waals surface area (Å²) in [7, 11) is 0. The van der Waals surface area contributed by atoms with E-state index < -0.39 is 6.10 Å². The first-order valence-electron chi connectivity index (χ1n) is 8.46. The van der Waals surface area contributed by atoms with Crippen LogP contribution in [0.1, 0.15) is 41.7 Å². The number of hydrogen-bond acceptors (Lipinski definition) is 2. The van der Waals surface area contributed by atoms with Crippen LogP contribution < -0.4 is 0 Å². The van der Waals surface area contributed by atoms with Crippen LogP contribution in [-0.2, 0) is 0 Å². The number of benzene rings is 2. The molecule has 1 aliphatic rings. The first-order valence-corrected chi connectivity index (χ1v) is 8.46. The standard InChI is InChI=1S/C21H23NO2/c1-16(17-10-4-2-5-11-17)22(19-14-8-9-15-20(19)23)21(24)18-12-6-3-7-13-18/h2-8,10-14,16,19-20,23H,9,15H2,1H3/t16-,19-,20-/m1/s1. The maximum absolute atomic E-state index is 13.2. The quantitative estimate of drug-likeness (QED) is 0.866. The Morgan fingerprint density at radius 2 is 1.71 bits per heavy atom. The van der Waals surface area contributed by atoms with Gasteiger partial charge in [0.25, 0.3) is 5.91 Å². The van der Waals surface area contributed by atoms with E-state index in [-0.39, 0.29) is 18.0 Å². The van der Waals surface area contributed by atoms with Crippen molar-refractivity contribution in [2.45, 2.75) is 38.0 Å². The molecular weight excluding hydrogens is 298 g/mol. The minimum atomic E-state index is -0.533. The molecule has 0 saturated carbocycles. The van der Waals surface area contributed by atoms with E-state index in [4.69, 9.17) is 0 Å². The Morgan fingerprint density at radius 3 is 2.33 bits per heavy atom. The van der Waals surface area contributed by atoms with Gasteiger partial charge in [0, 0.05) is 5.56 Å². The molecule has 0 heterocycles. The lowest BCUT2D eigenvalue weighted by Gasteiger charge is -2.39. The number of aliphatic hydroxyl groups excluding tert-OH is 1. The van der Waals surface area contributed by atoms with Gasteiger partial charge in [-0.05, 0) is 37.5 Å². The van der Waals surface area contributed by atoms with Gasteiger partial charge in [-0.3, -0.25) is 4.79 Å². The molecule has 24 heavy (non-hydrogen) atoms. The molecule has 1 N–H and O–H groups in total. The maximum Gasteiger partial charge on any atom is 0.254 e. The zero-order valence-corrected chi connectivity index (χ0v) is 13.9. The van der Waals surface area contributed by atoms with Gasteiger partial charge in [0.15, 0.2) is 0 Å². The Bertz CT molecular complexity index is 696. The van der Waals surface area contributed by atoms with E-state index >= 15 is 0 Å². The normalized spacial score (nSPS) is 21.2. The van der Waals surface area contributed by atoms with Crippen molar-refractivity contribution < 1.29 is 9.90 Å². The second-order valence-electron chi connectivity index (χ2n) is 6.23. The second-order valence-corrected chi connectivity index (χ2v) is 6.23. The van der Waals surface area contributed by atoms with Crippen LogP contribution in [0.25, 0.3) is 0 Å². The van der Waals surface area contributed by atoms with E-state index in [1.54, 1.807) is 0 Å². The van der Waals surface area contributed by atoms with Crippen LogP contribution >= 0.6 is 0 Å². The molecule has 3 nitrogen and oxygen atoms in total. The van der Waals surface area contributed by atoms with Gasteiger partial charge in [0.05, 0.1) is 18.2 Å². The van der Waals surface area contributed by atoms with Crippen LogP contribution in [0.15, 0.2) is 72.8 Å². The number of rotatable bonds is 4. The summed E-state index contributed by atoms with van der Waals surface area (Å²) in [5.41, 5.74) is 1.71. The molecule has 3 rings (SSSR count). The minimum absolute atomic E-state index is 0.0532. The average Bonchev–Trinajstić information content (AvgIpc) is 2.64. The van der Waals surface area contributed by atoms with Crippen LogP contribution in [-0.4, -0.2) is 28.1 Å². The van der Waals surface area contributed by atoms with Gasteiger partial charge in [0.1, 0.15) is 0 Å². The third-order valence-corrected chi connectivity index (χ3v) is 4.63. The first-order chi connectivity index (χ1) is 11.7. The molecule has 2 aromatic carbocycles. The topological polar surface area (TPSA) is 40.5 Å². The SMILES string of the molecule is C[C@H](c1ccccc1)N(C(=O)c1ccccc1)[C@@H]1C=CCC[C@H]1O. The largest absolute Gasteiger partial charge is 0.391 e. The average molecular weight is 321 g/mol. The highest BCUT2D eigenvalue weighted by Crippen LogP contribution is 2.29. The van der Waals surface area contributed by atoms with Crippen LogP contribution in [0.3, 0.4) is 0 Å². The Hall–Kier alpha value is -2.39. The van der Waals surface area contributed by atoms with E-state index in [0.29, 0.717) is 12.0 Å². The van der Waals surface area contributed by atoms with E-state index in [9.17, 15) is 9.90 Å². The Kier molecular flexibility index (Phi) is 5.11. The summed E-state index contributed by atoms with van der Waals surface area (Å²) in [5.74, 6) is -0.0532. The Balaban J connectivity index is 1.99. The van der Waals surface area contributed by atoms with Crippen molar-refractivity contribution in [2.75, 3.05) is 0 Å². The fourth-order valence-corrected chi connectivity index (χ4v) is 3.27. The summed E-state index contributed by atoms with van der Waals surface area (Å²) in [5, 5.41) is 10.5. The molecule has 124 valence electrons. The molecule has 0 aliphatic heterocycles. The summed E-state index contributed by atoms with van der Waals surface area (Å²) in [4.78, 5) is 15.0. The lowest BCUT2D eigenvalue weighted by molar-refractivity contribution is 0.0313. The number of nitrogens with zero attached hydrogens (tertiary/aromatic N) is 1. The molecule has 1 amide bonds. The smallest absolute Gasteiger partial charge is 0.254 e. The molecule has 2 aromatic rings. The Morgan fingerprint density at radius 1 is 1.08 bits per heavy atom. The van der Waals surface area contributed by atoms with Gasteiger partial charge in [0.2, 0.25) is 0 Å². The molecule has 0 saturated heterocycles. The molecule has 0 spiro atoms. The van der Waals surface area contributed by atoms with Crippen LogP contribution in [0.5, 0.6) is 0 Å². The van der Waals surface area contributed by atoms with Gasteiger partial charge in [-0.15, -0.1) is 0 Å². The summed E-state index contributed by atoms with van der Waals surface area (Å²) < 4.78 is 0. The summed E-state index contributed by atoms with van der Waals surface area (Å²) in [6.45, 7) is 2.02. The van der Waals surface area contributed by atoms with Crippen molar-refractivity contribution in [1.29, 1.82) is 0 Å². The van der Waals surface area contributed by atoms with Crippen LogP contribution in [0.4, 0.5) is 0 Å². The third-order valence-electron chi connectivity index (χ3n) is 4.63. The summed E-state index contributed by atoms with van der Waals surface area (Å²) >= 11 is 0. The minimum Gasteiger partial charge on any atom is -0.391 e. The first kappa shape index (κ1) is 16.5. The van der Waals surface area contributed by atoms with E-state index in [0.717, 1.165) is 12.0 Å². The lowest BCUT2D eigenvalue weighted by Crippen LogP contribution is -2.48.